The smallest absolute Gasteiger partial charge is 0.243 e. The number of nitrogens with one attached hydrogen (secondary N) is 1. The normalized spacial score (nSPS) is 16.2. The van der Waals surface area contributed by atoms with Crippen LogP contribution in [0.3, 0.4) is 0 Å². The first-order valence-corrected chi connectivity index (χ1v) is 11.5. The monoisotopic (exact) mass is 404 g/mol. The van der Waals surface area contributed by atoms with Gasteiger partial charge < -0.3 is 5.32 Å². The Kier molecular flexibility index (Phi) is 6.57. The van der Waals surface area contributed by atoms with Crippen LogP contribution < -0.4 is 5.32 Å². The Bertz CT molecular complexity index is 862. The standard InChI is InChI=1S/C20H24N2O3S2/c1-16(26-15-17-7-3-2-4-8-17)20(23)21-18-9-11-19(12-10-18)27(24,25)22-13-5-6-14-22/h2-4,7-12,16H,5-6,13-15H2,1H3,(H,21,23). The van der Waals surface area contributed by atoms with E-state index < -0.39 is 10.0 Å². The molecule has 1 unspecified atom stereocenters. The van der Waals surface area contributed by atoms with E-state index in [2.05, 4.69) is 5.32 Å². The van der Waals surface area contributed by atoms with Crippen molar-refractivity contribution in [1.82, 2.24) is 4.31 Å². The van der Waals surface area contributed by atoms with Crippen LogP contribution in [0, 0.1) is 0 Å². The Morgan fingerprint density at radius 1 is 1.07 bits per heavy atom. The molecule has 144 valence electrons. The highest BCUT2D eigenvalue weighted by molar-refractivity contribution is 7.99. The lowest BCUT2D eigenvalue weighted by Crippen LogP contribution is -2.27. The maximum Gasteiger partial charge on any atom is 0.243 e. The maximum absolute atomic E-state index is 12.5. The number of nitrogens with zero attached hydrogens (tertiary/aromatic N) is 1. The number of hydrogen-bond acceptors (Lipinski definition) is 4. The predicted molar refractivity (Wildman–Crippen MR) is 110 cm³/mol. The highest BCUT2D eigenvalue weighted by Crippen LogP contribution is 2.23. The Labute approximate surface area is 165 Å². The zero-order valence-electron chi connectivity index (χ0n) is 15.3. The third-order valence-electron chi connectivity index (χ3n) is 4.54. The van der Waals surface area contributed by atoms with Gasteiger partial charge in [0.2, 0.25) is 15.9 Å². The molecule has 0 saturated carbocycles. The summed E-state index contributed by atoms with van der Waals surface area (Å²) in [5.74, 6) is 0.675. The van der Waals surface area contributed by atoms with Gasteiger partial charge in [-0.3, -0.25) is 4.79 Å². The molecule has 0 radical (unpaired) electrons. The summed E-state index contributed by atoms with van der Waals surface area (Å²) < 4.78 is 26.6. The highest BCUT2D eigenvalue weighted by Gasteiger charge is 2.27. The number of carbonyl (C=O) groups excluding carboxylic acids is 1. The molecule has 5 nitrogen and oxygen atoms in total. The molecule has 2 aromatic rings. The number of rotatable bonds is 7. The number of benzene rings is 2. The van der Waals surface area contributed by atoms with Crippen molar-refractivity contribution in [2.45, 2.75) is 35.7 Å². The molecule has 3 rings (SSSR count). The third-order valence-corrected chi connectivity index (χ3v) is 7.66. The van der Waals surface area contributed by atoms with E-state index in [1.54, 1.807) is 36.0 Å². The number of anilines is 1. The van der Waals surface area contributed by atoms with Gasteiger partial charge in [0.15, 0.2) is 0 Å². The molecule has 1 N–H and O–H groups in total. The van der Waals surface area contributed by atoms with Gasteiger partial charge in [-0.25, -0.2) is 8.42 Å². The summed E-state index contributed by atoms with van der Waals surface area (Å²) in [6.07, 6.45) is 1.82. The van der Waals surface area contributed by atoms with Crippen LogP contribution in [-0.2, 0) is 20.6 Å². The fourth-order valence-corrected chi connectivity index (χ4v) is 5.27. The molecule has 1 fully saturated rings. The summed E-state index contributed by atoms with van der Waals surface area (Å²) >= 11 is 1.57. The first-order valence-electron chi connectivity index (χ1n) is 9.03. The van der Waals surface area contributed by atoms with Crippen LogP contribution in [0.5, 0.6) is 0 Å². The number of thioether (sulfide) groups is 1. The summed E-state index contributed by atoms with van der Waals surface area (Å²) in [5, 5.41) is 2.65. The van der Waals surface area contributed by atoms with Crippen molar-refractivity contribution in [1.29, 1.82) is 0 Å². The van der Waals surface area contributed by atoms with Crippen molar-refractivity contribution in [2.24, 2.45) is 0 Å². The van der Waals surface area contributed by atoms with E-state index in [-0.39, 0.29) is 16.1 Å². The number of carbonyl (C=O) groups is 1. The summed E-state index contributed by atoms with van der Waals surface area (Å²) in [7, 11) is -3.42. The topological polar surface area (TPSA) is 66.5 Å². The minimum atomic E-state index is -3.42. The number of hydrogen-bond donors (Lipinski definition) is 1. The number of amides is 1. The highest BCUT2D eigenvalue weighted by atomic mass is 32.2. The molecule has 27 heavy (non-hydrogen) atoms. The molecule has 7 heteroatoms. The summed E-state index contributed by atoms with van der Waals surface area (Å²) in [6, 6.07) is 16.4. The molecule has 1 aliphatic rings. The van der Waals surface area contributed by atoms with Crippen LogP contribution in [0.4, 0.5) is 5.69 Å². The van der Waals surface area contributed by atoms with Crippen LogP contribution in [-0.4, -0.2) is 37.0 Å². The molecule has 0 spiro atoms. The lowest BCUT2D eigenvalue weighted by Gasteiger charge is -2.16. The van der Waals surface area contributed by atoms with Gasteiger partial charge in [0.05, 0.1) is 10.1 Å². The maximum atomic E-state index is 12.5. The predicted octanol–water partition coefficient (Wildman–Crippen LogP) is 3.73. The Balaban J connectivity index is 1.56. The van der Waals surface area contributed by atoms with E-state index in [1.807, 2.05) is 37.3 Å². The molecule has 1 atom stereocenters. The van der Waals surface area contributed by atoms with Crippen molar-refractivity contribution in [3.8, 4) is 0 Å². The molecular formula is C20H24N2O3S2. The minimum absolute atomic E-state index is 0.0916. The van der Waals surface area contributed by atoms with Gasteiger partial charge in [-0.05, 0) is 49.6 Å². The van der Waals surface area contributed by atoms with E-state index in [9.17, 15) is 13.2 Å². The molecule has 0 bridgehead atoms. The zero-order valence-corrected chi connectivity index (χ0v) is 16.9. The molecule has 1 heterocycles. The van der Waals surface area contributed by atoms with E-state index >= 15 is 0 Å². The van der Waals surface area contributed by atoms with Crippen molar-refractivity contribution in [3.63, 3.8) is 0 Å². The average molecular weight is 405 g/mol. The number of sulfonamides is 1. The van der Waals surface area contributed by atoms with E-state index in [0.29, 0.717) is 18.8 Å². The van der Waals surface area contributed by atoms with Crippen LogP contribution in [0.25, 0.3) is 0 Å². The van der Waals surface area contributed by atoms with Crippen molar-refractivity contribution in [2.75, 3.05) is 18.4 Å². The van der Waals surface area contributed by atoms with Gasteiger partial charge in [-0.15, -0.1) is 11.8 Å². The van der Waals surface area contributed by atoms with Crippen molar-refractivity contribution >= 4 is 33.4 Å². The zero-order chi connectivity index (χ0) is 19.3. The second-order valence-electron chi connectivity index (χ2n) is 6.56. The fourth-order valence-electron chi connectivity index (χ4n) is 2.90. The van der Waals surface area contributed by atoms with E-state index in [1.165, 1.54) is 9.87 Å². The summed E-state index contributed by atoms with van der Waals surface area (Å²) in [5.41, 5.74) is 1.78. The molecule has 1 amide bonds. The van der Waals surface area contributed by atoms with E-state index in [4.69, 9.17) is 0 Å². The second-order valence-corrected chi connectivity index (χ2v) is 9.83. The Hall–Kier alpha value is -1.83. The van der Waals surface area contributed by atoms with Crippen molar-refractivity contribution in [3.05, 3.63) is 60.2 Å². The second kappa shape index (κ2) is 8.91. The third kappa shape index (κ3) is 5.12. The Morgan fingerprint density at radius 3 is 2.33 bits per heavy atom. The first kappa shape index (κ1) is 19.9. The largest absolute Gasteiger partial charge is 0.325 e. The molecule has 2 aromatic carbocycles. The molecule has 1 aliphatic heterocycles. The fraction of sp³-hybridized carbons (Fsp3) is 0.350. The van der Waals surface area contributed by atoms with Crippen LogP contribution >= 0.6 is 11.8 Å². The van der Waals surface area contributed by atoms with Gasteiger partial charge in [0.25, 0.3) is 0 Å². The van der Waals surface area contributed by atoms with Crippen molar-refractivity contribution < 1.29 is 13.2 Å². The van der Waals surface area contributed by atoms with Gasteiger partial charge in [-0.2, -0.15) is 4.31 Å². The van der Waals surface area contributed by atoms with Gasteiger partial charge in [0, 0.05) is 24.5 Å². The molecular weight excluding hydrogens is 380 g/mol. The van der Waals surface area contributed by atoms with E-state index in [0.717, 1.165) is 18.6 Å². The summed E-state index contributed by atoms with van der Waals surface area (Å²) in [4.78, 5) is 12.6. The molecule has 0 aromatic heterocycles. The Morgan fingerprint density at radius 2 is 1.70 bits per heavy atom. The van der Waals surface area contributed by atoms with Crippen LogP contribution in [0.1, 0.15) is 25.3 Å². The molecule has 1 saturated heterocycles. The quantitative estimate of drug-likeness (QED) is 0.764. The van der Waals surface area contributed by atoms with Crippen LogP contribution in [0.2, 0.25) is 0 Å². The minimum Gasteiger partial charge on any atom is -0.325 e. The lowest BCUT2D eigenvalue weighted by molar-refractivity contribution is -0.115. The molecule has 0 aliphatic carbocycles. The van der Waals surface area contributed by atoms with Gasteiger partial charge in [-0.1, -0.05) is 30.3 Å². The van der Waals surface area contributed by atoms with Crippen LogP contribution in [0.15, 0.2) is 59.5 Å². The summed E-state index contributed by atoms with van der Waals surface area (Å²) in [6.45, 7) is 3.03. The van der Waals surface area contributed by atoms with Gasteiger partial charge in [0.1, 0.15) is 0 Å². The average Bonchev–Trinajstić information content (AvgIpc) is 3.23. The lowest BCUT2D eigenvalue weighted by atomic mass is 10.2. The first-order chi connectivity index (χ1) is 13.0. The SMILES string of the molecule is CC(SCc1ccccc1)C(=O)Nc1ccc(S(=O)(=O)N2CCCC2)cc1. The van der Waals surface area contributed by atoms with Gasteiger partial charge >= 0.3 is 0 Å².